The molecule has 8 heteroatoms. The average Bonchev–Trinajstić information content (AvgIpc) is 2.65. The number of urea groups is 1. The van der Waals surface area contributed by atoms with Gasteiger partial charge >= 0.3 is 6.03 Å². The van der Waals surface area contributed by atoms with Gasteiger partial charge in [0.25, 0.3) is 0 Å². The summed E-state index contributed by atoms with van der Waals surface area (Å²) in [6, 6.07) is 2.74. The second kappa shape index (κ2) is 10.6. The SMILES string of the molecule is CCOc1cc(NC(=O)NC(=O)C2CCNCC2)cc(OCC)c1OCC. The third-order valence-corrected chi connectivity index (χ3v) is 4.11. The van der Waals surface area contributed by atoms with E-state index in [1.807, 2.05) is 20.8 Å². The number of benzene rings is 1. The predicted octanol–water partition coefficient (Wildman–Crippen LogP) is 2.53. The van der Waals surface area contributed by atoms with Gasteiger partial charge in [-0.25, -0.2) is 4.79 Å². The van der Waals surface area contributed by atoms with Crippen LogP contribution in [-0.2, 0) is 4.79 Å². The Morgan fingerprint density at radius 3 is 2.07 bits per heavy atom. The van der Waals surface area contributed by atoms with Crippen molar-refractivity contribution in [3.63, 3.8) is 0 Å². The molecule has 150 valence electrons. The smallest absolute Gasteiger partial charge is 0.325 e. The lowest BCUT2D eigenvalue weighted by Gasteiger charge is -2.21. The number of hydrogen-bond acceptors (Lipinski definition) is 6. The first-order valence-corrected chi connectivity index (χ1v) is 9.47. The lowest BCUT2D eigenvalue weighted by atomic mass is 9.97. The average molecular weight is 379 g/mol. The van der Waals surface area contributed by atoms with Crippen LogP contribution < -0.4 is 30.2 Å². The van der Waals surface area contributed by atoms with Gasteiger partial charge in [0.2, 0.25) is 11.7 Å². The zero-order chi connectivity index (χ0) is 19.6. The highest BCUT2D eigenvalue weighted by molar-refractivity contribution is 6.02. The first-order valence-electron chi connectivity index (χ1n) is 9.47. The Labute approximate surface area is 159 Å². The second-order valence-corrected chi connectivity index (χ2v) is 6.07. The van der Waals surface area contributed by atoms with Crippen molar-refractivity contribution in [1.82, 2.24) is 10.6 Å². The van der Waals surface area contributed by atoms with Crippen molar-refractivity contribution >= 4 is 17.6 Å². The third kappa shape index (κ3) is 6.02. The fourth-order valence-corrected chi connectivity index (χ4v) is 2.92. The number of imide groups is 1. The molecule has 1 aromatic carbocycles. The molecule has 1 heterocycles. The van der Waals surface area contributed by atoms with Crippen LogP contribution >= 0.6 is 0 Å². The first-order chi connectivity index (χ1) is 13.1. The summed E-state index contributed by atoms with van der Waals surface area (Å²) in [6.45, 7) is 8.50. The minimum atomic E-state index is -0.576. The Balaban J connectivity index is 2.11. The van der Waals surface area contributed by atoms with Crippen molar-refractivity contribution in [2.45, 2.75) is 33.6 Å². The highest BCUT2D eigenvalue weighted by atomic mass is 16.5. The normalized spacial score (nSPS) is 14.3. The molecule has 1 aliphatic rings. The highest BCUT2D eigenvalue weighted by Crippen LogP contribution is 2.40. The number of anilines is 1. The van der Waals surface area contributed by atoms with Gasteiger partial charge in [-0.2, -0.15) is 0 Å². The molecule has 0 atom stereocenters. The lowest BCUT2D eigenvalue weighted by molar-refractivity contribution is -0.124. The third-order valence-electron chi connectivity index (χ3n) is 4.11. The van der Waals surface area contributed by atoms with Crippen LogP contribution in [0.3, 0.4) is 0 Å². The molecular formula is C19H29N3O5. The summed E-state index contributed by atoms with van der Waals surface area (Å²) in [5, 5.41) is 8.28. The number of piperidine rings is 1. The van der Waals surface area contributed by atoms with Gasteiger partial charge in [0.15, 0.2) is 11.5 Å². The minimum absolute atomic E-state index is 0.143. The highest BCUT2D eigenvalue weighted by Gasteiger charge is 2.23. The molecule has 0 saturated carbocycles. The molecule has 0 bridgehead atoms. The van der Waals surface area contributed by atoms with E-state index >= 15 is 0 Å². The van der Waals surface area contributed by atoms with E-state index in [1.165, 1.54) is 0 Å². The van der Waals surface area contributed by atoms with E-state index in [-0.39, 0.29) is 11.8 Å². The van der Waals surface area contributed by atoms with E-state index in [2.05, 4.69) is 16.0 Å². The molecule has 3 amide bonds. The largest absolute Gasteiger partial charge is 0.490 e. The van der Waals surface area contributed by atoms with E-state index in [9.17, 15) is 9.59 Å². The zero-order valence-corrected chi connectivity index (χ0v) is 16.2. The minimum Gasteiger partial charge on any atom is -0.490 e. The molecular weight excluding hydrogens is 350 g/mol. The van der Waals surface area contributed by atoms with Gasteiger partial charge in [-0.15, -0.1) is 0 Å². The maximum atomic E-state index is 12.2. The van der Waals surface area contributed by atoms with E-state index in [0.717, 1.165) is 25.9 Å². The van der Waals surface area contributed by atoms with E-state index in [1.54, 1.807) is 12.1 Å². The Hall–Kier alpha value is -2.48. The molecule has 2 rings (SSSR count). The standard InChI is InChI=1S/C19H29N3O5/c1-4-25-15-11-14(12-16(26-5-2)17(15)27-6-3)21-19(24)22-18(23)13-7-9-20-10-8-13/h11-13,20H,4-10H2,1-3H3,(H2,21,22,23,24). The molecule has 0 radical (unpaired) electrons. The molecule has 1 fully saturated rings. The van der Waals surface area contributed by atoms with Gasteiger partial charge in [0, 0.05) is 18.1 Å². The van der Waals surface area contributed by atoms with Gasteiger partial charge in [-0.3, -0.25) is 10.1 Å². The van der Waals surface area contributed by atoms with Gasteiger partial charge in [0.05, 0.1) is 25.5 Å². The van der Waals surface area contributed by atoms with Crippen molar-refractivity contribution in [3.05, 3.63) is 12.1 Å². The maximum absolute atomic E-state index is 12.2. The van der Waals surface area contributed by atoms with Crippen molar-refractivity contribution in [2.24, 2.45) is 5.92 Å². The van der Waals surface area contributed by atoms with E-state index in [4.69, 9.17) is 14.2 Å². The summed E-state index contributed by atoms with van der Waals surface area (Å²) >= 11 is 0. The summed E-state index contributed by atoms with van der Waals surface area (Å²) in [4.78, 5) is 24.5. The molecule has 1 aromatic rings. The summed E-state index contributed by atoms with van der Waals surface area (Å²) in [5.41, 5.74) is 0.459. The number of hydrogen-bond donors (Lipinski definition) is 3. The van der Waals surface area contributed by atoms with E-state index < -0.39 is 6.03 Å². The Bertz CT molecular complexity index is 617. The number of ether oxygens (including phenoxy) is 3. The molecule has 1 saturated heterocycles. The molecule has 1 aliphatic heterocycles. The fourth-order valence-electron chi connectivity index (χ4n) is 2.92. The fraction of sp³-hybridized carbons (Fsp3) is 0.579. The number of rotatable bonds is 8. The van der Waals surface area contributed by atoms with Gasteiger partial charge in [0.1, 0.15) is 0 Å². The van der Waals surface area contributed by atoms with Crippen LogP contribution in [0.15, 0.2) is 12.1 Å². The summed E-state index contributed by atoms with van der Waals surface area (Å²) in [7, 11) is 0. The van der Waals surface area contributed by atoms with Gasteiger partial charge < -0.3 is 24.8 Å². The van der Waals surface area contributed by atoms with Crippen molar-refractivity contribution in [1.29, 1.82) is 0 Å². The van der Waals surface area contributed by atoms with Crippen molar-refractivity contribution in [3.8, 4) is 17.2 Å². The molecule has 0 unspecified atom stereocenters. The van der Waals surface area contributed by atoms with Crippen LogP contribution in [0, 0.1) is 5.92 Å². The Kier molecular flexibility index (Phi) is 8.19. The molecule has 3 N–H and O–H groups in total. The number of carbonyl (C=O) groups is 2. The first kappa shape index (κ1) is 20.8. The molecule has 0 aromatic heterocycles. The summed E-state index contributed by atoms with van der Waals surface area (Å²) < 4.78 is 16.9. The summed E-state index contributed by atoms with van der Waals surface area (Å²) in [5.74, 6) is 1.05. The van der Waals surface area contributed by atoms with Crippen molar-refractivity contribution < 1.29 is 23.8 Å². The molecule has 0 spiro atoms. The number of nitrogens with one attached hydrogen (secondary N) is 3. The Morgan fingerprint density at radius 2 is 1.56 bits per heavy atom. The van der Waals surface area contributed by atoms with Crippen LogP contribution in [0.1, 0.15) is 33.6 Å². The number of amides is 3. The zero-order valence-electron chi connectivity index (χ0n) is 16.2. The van der Waals surface area contributed by atoms with Gasteiger partial charge in [-0.1, -0.05) is 0 Å². The predicted molar refractivity (Wildman–Crippen MR) is 103 cm³/mol. The topological polar surface area (TPSA) is 97.9 Å². The quantitative estimate of drug-likeness (QED) is 0.642. The molecule has 27 heavy (non-hydrogen) atoms. The van der Waals surface area contributed by atoms with Crippen LogP contribution in [0.2, 0.25) is 0 Å². The van der Waals surface area contributed by atoms with Crippen LogP contribution in [-0.4, -0.2) is 44.8 Å². The second-order valence-electron chi connectivity index (χ2n) is 6.07. The summed E-state index contributed by atoms with van der Waals surface area (Å²) in [6.07, 6.45) is 1.45. The lowest BCUT2D eigenvalue weighted by Crippen LogP contribution is -2.42. The number of carbonyl (C=O) groups excluding carboxylic acids is 2. The van der Waals surface area contributed by atoms with Crippen LogP contribution in [0.4, 0.5) is 10.5 Å². The van der Waals surface area contributed by atoms with Crippen molar-refractivity contribution in [2.75, 3.05) is 38.2 Å². The van der Waals surface area contributed by atoms with E-state index in [0.29, 0.717) is 42.8 Å². The monoisotopic (exact) mass is 379 g/mol. The molecule has 0 aliphatic carbocycles. The maximum Gasteiger partial charge on any atom is 0.325 e. The Morgan fingerprint density at radius 1 is 1.00 bits per heavy atom. The molecule has 8 nitrogen and oxygen atoms in total. The van der Waals surface area contributed by atoms with Gasteiger partial charge in [-0.05, 0) is 46.7 Å². The van der Waals surface area contributed by atoms with Crippen LogP contribution in [0.25, 0.3) is 0 Å². The van der Waals surface area contributed by atoms with Crippen LogP contribution in [0.5, 0.6) is 17.2 Å².